The van der Waals surface area contributed by atoms with Crippen LogP contribution in [0.2, 0.25) is 0 Å². The van der Waals surface area contributed by atoms with Gasteiger partial charge in [-0.1, -0.05) is 0 Å². The lowest BCUT2D eigenvalue weighted by molar-refractivity contribution is 0.227. The number of nitrogens with one attached hydrogen (secondary N) is 1. The summed E-state index contributed by atoms with van der Waals surface area (Å²) in [5, 5.41) is 3.49. The molecule has 1 N–H and O–H groups in total. The Kier molecular flexibility index (Phi) is 3.24. The van der Waals surface area contributed by atoms with Gasteiger partial charge < -0.3 is 10.1 Å². The molecule has 1 unspecified atom stereocenters. The standard InChI is InChI=1S/C14H18FNOS/c1-18-14(4-5-14)9-16-8-12-7-10-6-11(15)2-3-13(10)17-12/h2-3,6,12,16H,4-5,7-9H2,1H3. The van der Waals surface area contributed by atoms with E-state index in [1.807, 2.05) is 11.8 Å². The smallest absolute Gasteiger partial charge is 0.123 e. The number of fused-ring (bicyclic) bond motifs is 1. The molecule has 98 valence electrons. The zero-order chi connectivity index (χ0) is 12.6. The van der Waals surface area contributed by atoms with Crippen molar-refractivity contribution in [2.24, 2.45) is 0 Å². The van der Waals surface area contributed by atoms with Gasteiger partial charge in [-0.25, -0.2) is 4.39 Å². The fourth-order valence-electron chi connectivity index (χ4n) is 2.46. The third kappa shape index (κ3) is 2.50. The number of hydrogen-bond donors (Lipinski definition) is 1. The Labute approximate surface area is 111 Å². The number of benzene rings is 1. The SMILES string of the molecule is CSC1(CNCC2Cc3cc(F)ccc3O2)CC1. The van der Waals surface area contributed by atoms with Gasteiger partial charge in [-0.15, -0.1) is 0 Å². The minimum atomic E-state index is -0.176. The summed E-state index contributed by atoms with van der Waals surface area (Å²) in [6.07, 6.45) is 5.78. The molecule has 4 heteroatoms. The van der Waals surface area contributed by atoms with Gasteiger partial charge in [-0.05, 0) is 37.3 Å². The summed E-state index contributed by atoms with van der Waals surface area (Å²) in [5.41, 5.74) is 0.993. The molecule has 1 atom stereocenters. The van der Waals surface area contributed by atoms with Crippen LogP contribution >= 0.6 is 11.8 Å². The lowest BCUT2D eigenvalue weighted by Crippen LogP contribution is -2.35. The molecule has 3 rings (SSSR count). The van der Waals surface area contributed by atoms with Crippen molar-refractivity contribution in [1.82, 2.24) is 5.32 Å². The lowest BCUT2D eigenvalue weighted by atomic mass is 10.1. The van der Waals surface area contributed by atoms with Crippen LogP contribution in [0.15, 0.2) is 18.2 Å². The van der Waals surface area contributed by atoms with Crippen LogP contribution in [0, 0.1) is 5.82 Å². The Morgan fingerprint density at radius 2 is 2.33 bits per heavy atom. The van der Waals surface area contributed by atoms with Crippen molar-refractivity contribution in [3.05, 3.63) is 29.6 Å². The molecule has 1 aromatic rings. The largest absolute Gasteiger partial charge is 0.488 e. The maximum atomic E-state index is 13.1. The summed E-state index contributed by atoms with van der Waals surface area (Å²) in [7, 11) is 0. The summed E-state index contributed by atoms with van der Waals surface area (Å²) in [6.45, 7) is 1.90. The second-order valence-corrected chi connectivity index (χ2v) is 6.49. The normalized spacial score (nSPS) is 23.6. The van der Waals surface area contributed by atoms with Crippen LogP contribution in [0.3, 0.4) is 0 Å². The molecule has 2 nitrogen and oxygen atoms in total. The molecule has 0 bridgehead atoms. The van der Waals surface area contributed by atoms with Crippen LogP contribution in [0.25, 0.3) is 0 Å². The Balaban J connectivity index is 1.49. The van der Waals surface area contributed by atoms with E-state index >= 15 is 0 Å². The average molecular weight is 267 g/mol. The number of ether oxygens (including phenoxy) is 1. The van der Waals surface area contributed by atoms with Gasteiger partial charge in [0.25, 0.3) is 0 Å². The van der Waals surface area contributed by atoms with Crippen molar-refractivity contribution < 1.29 is 9.13 Å². The van der Waals surface area contributed by atoms with Gasteiger partial charge in [-0.2, -0.15) is 11.8 Å². The molecule has 1 aliphatic carbocycles. The van der Waals surface area contributed by atoms with E-state index in [4.69, 9.17) is 4.74 Å². The van der Waals surface area contributed by atoms with Crippen molar-refractivity contribution in [3.63, 3.8) is 0 Å². The Bertz CT molecular complexity index is 447. The van der Waals surface area contributed by atoms with Gasteiger partial charge >= 0.3 is 0 Å². The first-order valence-electron chi connectivity index (χ1n) is 6.42. The fraction of sp³-hybridized carbons (Fsp3) is 0.571. The molecule has 18 heavy (non-hydrogen) atoms. The molecule has 1 aliphatic heterocycles. The van der Waals surface area contributed by atoms with Gasteiger partial charge in [0, 0.05) is 29.8 Å². The average Bonchev–Trinajstić information content (AvgIpc) is 3.02. The van der Waals surface area contributed by atoms with Crippen LogP contribution < -0.4 is 10.1 Å². The molecule has 0 aromatic heterocycles. The summed E-state index contributed by atoms with van der Waals surface area (Å²) < 4.78 is 19.4. The highest BCUT2D eigenvalue weighted by atomic mass is 32.2. The zero-order valence-electron chi connectivity index (χ0n) is 10.5. The quantitative estimate of drug-likeness (QED) is 0.886. The van der Waals surface area contributed by atoms with E-state index in [1.165, 1.54) is 18.9 Å². The predicted octanol–water partition coefficient (Wildman–Crippen LogP) is 2.61. The maximum Gasteiger partial charge on any atom is 0.123 e. The summed E-state index contributed by atoms with van der Waals surface area (Å²) in [6, 6.07) is 4.77. The van der Waals surface area contributed by atoms with Gasteiger partial charge in [-0.3, -0.25) is 0 Å². The van der Waals surface area contributed by atoms with E-state index in [1.54, 1.807) is 12.1 Å². The van der Waals surface area contributed by atoms with E-state index in [9.17, 15) is 4.39 Å². The highest BCUT2D eigenvalue weighted by Gasteiger charge is 2.41. The molecule has 0 spiro atoms. The van der Waals surface area contributed by atoms with E-state index in [-0.39, 0.29) is 11.9 Å². The monoisotopic (exact) mass is 267 g/mol. The topological polar surface area (TPSA) is 21.3 Å². The second kappa shape index (κ2) is 4.74. The van der Waals surface area contributed by atoms with Crippen LogP contribution in [0.4, 0.5) is 4.39 Å². The number of halogens is 1. The van der Waals surface area contributed by atoms with Crippen molar-refractivity contribution in [2.45, 2.75) is 30.1 Å². The number of thioether (sulfide) groups is 1. The van der Waals surface area contributed by atoms with E-state index in [2.05, 4.69) is 11.6 Å². The molecular weight excluding hydrogens is 249 g/mol. The zero-order valence-corrected chi connectivity index (χ0v) is 11.4. The lowest BCUT2D eigenvalue weighted by Gasteiger charge is -2.16. The van der Waals surface area contributed by atoms with E-state index in [0.717, 1.165) is 30.8 Å². The van der Waals surface area contributed by atoms with Gasteiger partial charge in [0.05, 0.1) is 0 Å². The summed E-state index contributed by atoms with van der Waals surface area (Å²) >= 11 is 1.96. The van der Waals surface area contributed by atoms with E-state index < -0.39 is 0 Å². The first-order valence-corrected chi connectivity index (χ1v) is 7.64. The molecule has 1 aromatic carbocycles. The third-order valence-corrected chi connectivity index (χ3v) is 5.24. The van der Waals surface area contributed by atoms with E-state index in [0.29, 0.717) is 4.75 Å². The molecule has 0 radical (unpaired) electrons. The van der Waals surface area contributed by atoms with Crippen molar-refractivity contribution >= 4 is 11.8 Å². The van der Waals surface area contributed by atoms with Crippen LogP contribution in [0.1, 0.15) is 18.4 Å². The molecule has 1 saturated carbocycles. The molecule has 1 fully saturated rings. The van der Waals surface area contributed by atoms with Gasteiger partial charge in [0.15, 0.2) is 0 Å². The van der Waals surface area contributed by atoms with Gasteiger partial charge in [0.1, 0.15) is 17.7 Å². The summed E-state index contributed by atoms with van der Waals surface area (Å²) in [5.74, 6) is 0.666. The Morgan fingerprint density at radius 1 is 1.50 bits per heavy atom. The van der Waals surface area contributed by atoms with Crippen molar-refractivity contribution in [3.8, 4) is 5.75 Å². The molecule has 0 saturated heterocycles. The Hall–Kier alpha value is -0.740. The fourth-order valence-corrected chi connectivity index (χ4v) is 3.21. The molecular formula is C14H18FNOS. The summed E-state index contributed by atoms with van der Waals surface area (Å²) in [4.78, 5) is 0. The first-order chi connectivity index (χ1) is 8.71. The third-order valence-electron chi connectivity index (χ3n) is 3.82. The first kappa shape index (κ1) is 12.3. The minimum Gasteiger partial charge on any atom is -0.488 e. The highest BCUT2D eigenvalue weighted by molar-refractivity contribution is 8.00. The van der Waals surface area contributed by atoms with Gasteiger partial charge in [0.2, 0.25) is 0 Å². The second-order valence-electron chi connectivity index (χ2n) is 5.21. The van der Waals surface area contributed by atoms with Crippen LogP contribution in [-0.4, -0.2) is 30.2 Å². The number of rotatable bonds is 5. The molecule has 0 amide bonds. The van der Waals surface area contributed by atoms with Crippen molar-refractivity contribution in [1.29, 1.82) is 0 Å². The molecule has 2 aliphatic rings. The van der Waals surface area contributed by atoms with Crippen molar-refractivity contribution in [2.75, 3.05) is 19.3 Å². The van der Waals surface area contributed by atoms with Crippen LogP contribution in [0.5, 0.6) is 5.75 Å². The molecule has 1 heterocycles. The predicted molar refractivity (Wildman–Crippen MR) is 72.9 cm³/mol. The number of hydrogen-bond acceptors (Lipinski definition) is 3. The highest BCUT2D eigenvalue weighted by Crippen LogP contribution is 2.46. The maximum absolute atomic E-state index is 13.1. The Morgan fingerprint density at radius 3 is 3.06 bits per heavy atom. The minimum absolute atomic E-state index is 0.152. The van der Waals surface area contributed by atoms with Crippen LogP contribution in [-0.2, 0) is 6.42 Å².